The fraction of sp³-hybridized carbons (Fsp3) is 0.414. The fourth-order valence-corrected chi connectivity index (χ4v) is 9.62. The molecule has 2 atom stereocenters. The summed E-state index contributed by atoms with van der Waals surface area (Å²) in [7, 11) is -3.06. The fourth-order valence-electron chi connectivity index (χ4n) is 6.81. The molecule has 2 aromatic carbocycles. The lowest BCUT2D eigenvalue weighted by molar-refractivity contribution is 0.107. The van der Waals surface area contributed by atoms with Gasteiger partial charge in [-0.05, 0) is 37.1 Å². The monoisotopic (exact) mass is 662 g/mol. The van der Waals surface area contributed by atoms with Gasteiger partial charge in [0.25, 0.3) is 0 Å². The summed E-state index contributed by atoms with van der Waals surface area (Å²) in [5.41, 5.74) is 5.44. The molecule has 0 amide bonds. The van der Waals surface area contributed by atoms with Crippen LogP contribution >= 0.6 is 22.9 Å². The van der Waals surface area contributed by atoms with E-state index in [4.69, 9.17) is 22.1 Å². The zero-order chi connectivity index (χ0) is 31.0. The lowest BCUT2D eigenvalue weighted by Gasteiger charge is -2.31. The molecule has 0 spiro atoms. The second-order valence-corrected chi connectivity index (χ2v) is 15.4. The Balaban J connectivity index is 1.34. The number of nitrogens with zero attached hydrogens (tertiary/aromatic N) is 4. The lowest BCUT2D eigenvalue weighted by Crippen LogP contribution is -2.43. The van der Waals surface area contributed by atoms with Crippen molar-refractivity contribution in [3.05, 3.63) is 40.4 Å². The van der Waals surface area contributed by atoms with Crippen molar-refractivity contribution in [2.75, 3.05) is 48.8 Å². The number of aromatic nitrogens is 2. The Bertz CT molecular complexity index is 1990. The number of fused-ring (bicyclic) bond motifs is 3. The van der Waals surface area contributed by atoms with Crippen molar-refractivity contribution in [2.24, 2.45) is 5.92 Å². The molecule has 3 fully saturated rings. The molecule has 3 N–H and O–H groups in total. The van der Waals surface area contributed by atoms with Crippen molar-refractivity contribution in [1.29, 1.82) is 5.26 Å². The van der Waals surface area contributed by atoms with Crippen molar-refractivity contribution in [3.63, 3.8) is 0 Å². The number of halogens is 4. The molecule has 7 rings (SSSR count). The van der Waals surface area contributed by atoms with Gasteiger partial charge in [-0.15, -0.1) is 11.3 Å². The van der Waals surface area contributed by atoms with Gasteiger partial charge in [-0.1, -0.05) is 17.7 Å². The van der Waals surface area contributed by atoms with E-state index in [-0.39, 0.29) is 90.1 Å². The van der Waals surface area contributed by atoms with Crippen LogP contribution in [-0.2, 0) is 9.84 Å². The number of hydrogen-bond acceptors (Lipinski definition) is 10. The minimum absolute atomic E-state index is 0.0164. The number of nitrogen functional groups attached to an aromatic ring is 1. The van der Waals surface area contributed by atoms with Gasteiger partial charge in [-0.25, -0.2) is 21.6 Å². The molecule has 3 saturated heterocycles. The minimum atomic E-state index is -3.06. The number of alkyl halides is 1. The lowest BCUT2D eigenvalue weighted by atomic mass is 9.95. The number of anilines is 2. The SMILES string of the molecule is N#Cc1c(N)sc2c(F)ccc(-c3c(Cl)cc4c(NCC5CS(=O)(=O)C5)nc(OC[C@@]56CCCN5C[C@H](F)C6)nc4c3F)c12. The molecule has 0 bridgehead atoms. The Morgan fingerprint density at radius 3 is 2.84 bits per heavy atom. The maximum absolute atomic E-state index is 16.6. The van der Waals surface area contributed by atoms with Gasteiger partial charge in [0.15, 0.2) is 15.7 Å². The summed E-state index contributed by atoms with van der Waals surface area (Å²) >= 11 is 7.56. The van der Waals surface area contributed by atoms with Gasteiger partial charge < -0.3 is 15.8 Å². The molecule has 4 aromatic rings. The molecule has 230 valence electrons. The molecule has 15 heteroatoms. The summed E-state index contributed by atoms with van der Waals surface area (Å²) < 4.78 is 75.3. The topological polar surface area (TPSA) is 134 Å². The third kappa shape index (κ3) is 4.81. The van der Waals surface area contributed by atoms with E-state index in [1.54, 1.807) is 0 Å². The molecule has 9 nitrogen and oxygen atoms in total. The van der Waals surface area contributed by atoms with Crippen molar-refractivity contribution in [3.8, 4) is 23.2 Å². The van der Waals surface area contributed by atoms with Crippen LogP contribution in [0, 0.1) is 28.9 Å². The summed E-state index contributed by atoms with van der Waals surface area (Å²) in [5.74, 6) is -1.36. The summed E-state index contributed by atoms with van der Waals surface area (Å²) in [6, 6.07) is 5.82. The van der Waals surface area contributed by atoms with E-state index in [0.717, 1.165) is 36.8 Å². The van der Waals surface area contributed by atoms with Gasteiger partial charge in [0.05, 0.1) is 32.3 Å². The Kier molecular flexibility index (Phi) is 7.08. The third-order valence-corrected chi connectivity index (χ3v) is 12.1. The number of nitrogens with two attached hydrogens (primary N) is 1. The Labute approximate surface area is 259 Å². The van der Waals surface area contributed by atoms with Crippen molar-refractivity contribution >= 4 is 64.6 Å². The van der Waals surface area contributed by atoms with Gasteiger partial charge in [0, 0.05) is 41.8 Å². The first-order valence-electron chi connectivity index (χ1n) is 14.1. The molecule has 0 radical (unpaired) electrons. The van der Waals surface area contributed by atoms with Crippen LogP contribution in [0.5, 0.6) is 6.01 Å². The molecular weight excluding hydrogens is 637 g/mol. The van der Waals surface area contributed by atoms with Gasteiger partial charge in [0.2, 0.25) is 0 Å². The standard InChI is InChI=1S/C29H26ClF3N6O3S2/c30-19-6-17-24(23(33)22(19)16-2-3-20(32)25-21(16)18(8-34)26(35)43-25)37-28(38-27(17)36-9-14-11-44(40,41)12-14)42-13-29-4-1-5-39(29)10-15(31)7-29/h2-3,6,14-15H,1,4-5,7,9-13,35H2,(H,36,37,38)/t15-,29+/m1/s1. The molecule has 2 aromatic heterocycles. The number of benzene rings is 2. The number of rotatable bonds is 7. The minimum Gasteiger partial charge on any atom is -0.461 e. The summed E-state index contributed by atoms with van der Waals surface area (Å²) in [5, 5.41) is 13.3. The summed E-state index contributed by atoms with van der Waals surface area (Å²) in [6.07, 6.45) is 1.02. The van der Waals surface area contributed by atoms with E-state index in [2.05, 4.69) is 20.2 Å². The van der Waals surface area contributed by atoms with Crippen LogP contribution in [-0.4, -0.2) is 72.7 Å². The highest BCUT2D eigenvalue weighted by molar-refractivity contribution is 7.92. The van der Waals surface area contributed by atoms with E-state index in [9.17, 15) is 22.5 Å². The van der Waals surface area contributed by atoms with Crippen LogP contribution < -0.4 is 15.8 Å². The predicted octanol–water partition coefficient (Wildman–Crippen LogP) is 5.31. The maximum Gasteiger partial charge on any atom is 0.319 e. The number of sulfone groups is 1. The van der Waals surface area contributed by atoms with E-state index in [1.165, 1.54) is 12.1 Å². The molecule has 0 unspecified atom stereocenters. The average Bonchev–Trinajstić information content (AvgIpc) is 3.60. The Hall–Kier alpha value is -3.38. The van der Waals surface area contributed by atoms with Crippen molar-refractivity contribution in [1.82, 2.24) is 14.9 Å². The number of ether oxygens (including phenoxy) is 1. The van der Waals surface area contributed by atoms with Crippen LogP contribution in [0.15, 0.2) is 18.2 Å². The van der Waals surface area contributed by atoms with Gasteiger partial charge in [-0.2, -0.15) is 15.2 Å². The first-order chi connectivity index (χ1) is 21.0. The first-order valence-corrected chi connectivity index (χ1v) is 17.1. The molecule has 3 aliphatic heterocycles. The smallest absolute Gasteiger partial charge is 0.319 e. The van der Waals surface area contributed by atoms with Crippen molar-refractivity contribution < 1.29 is 26.3 Å². The number of nitriles is 1. The molecular formula is C29H26ClF3N6O3S2. The van der Waals surface area contributed by atoms with Crippen LogP contribution in [0.3, 0.4) is 0 Å². The van der Waals surface area contributed by atoms with E-state index < -0.39 is 33.2 Å². The van der Waals surface area contributed by atoms with E-state index in [0.29, 0.717) is 13.0 Å². The van der Waals surface area contributed by atoms with E-state index in [1.807, 2.05) is 6.07 Å². The number of hydrogen-bond donors (Lipinski definition) is 2. The highest BCUT2D eigenvalue weighted by Crippen LogP contribution is 2.46. The number of nitrogens with one attached hydrogen (secondary N) is 1. The summed E-state index contributed by atoms with van der Waals surface area (Å²) in [4.78, 5) is 11.0. The Morgan fingerprint density at radius 1 is 1.30 bits per heavy atom. The van der Waals surface area contributed by atoms with Gasteiger partial charge in [-0.3, -0.25) is 4.90 Å². The Morgan fingerprint density at radius 2 is 2.09 bits per heavy atom. The van der Waals surface area contributed by atoms with E-state index >= 15 is 4.39 Å². The van der Waals surface area contributed by atoms with Gasteiger partial charge in [0.1, 0.15) is 41.0 Å². The van der Waals surface area contributed by atoms with Gasteiger partial charge >= 0.3 is 6.01 Å². The molecule has 0 aliphatic carbocycles. The first kappa shape index (κ1) is 29.3. The molecule has 0 saturated carbocycles. The third-order valence-electron chi connectivity index (χ3n) is 8.83. The average molecular weight is 663 g/mol. The van der Waals surface area contributed by atoms with Crippen LogP contribution in [0.25, 0.3) is 32.1 Å². The normalized spacial score (nSPS) is 23.1. The second-order valence-electron chi connectivity index (χ2n) is 11.7. The number of thiophene rings is 1. The molecule has 44 heavy (non-hydrogen) atoms. The zero-order valence-electron chi connectivity index (χ0n) is 23.2. The highest BCUT2D eigenvalue weighted by Gasteiger charge is 2.49. The van der Waals surface area contributed by atoms with Crippen LogP contribution in [0.1, 0.15) is 24.8 Å². The predicted molar refractivity (Wildman–Crippen MR) is 164 cm³/mol. The zero-order valence-corrected chi connectivity index (χ0v) is 25.6. The second kappa shape index (κ2) is 10.6. The quantitative estimate of drug-likeness (QED) is 0.270. The van der Waals surface area contributed by atoms with Crippen LogP contribution in [0.2, 0.25) is 5.02 Å². The van der Waals surface area contributed by atoms with Crippen LogP contribution in [0.4, 0.5) is 24.0 Å². The molecule has 3 aliphatic rings. The summed E-state index contributed by atoms with van der Waals surface area (Å²) in [6.45, 7) is 1.46. The largest absolute Gasteiger partial charge is 0.461 e. The highest BCUT2D eigenvalue weighted by atomic mass is 35.5. The maximum atomic E-state index is 16.6. The molecule has 5 heterocycles. The van der Waals surface area contributed by atoms with Crippen molar-refractivity contribution in [2.45, 2.75) is 31.0 Å².